The molecule has 0 saturated heterocycles. The van der Waals surface area contributed by atoms with Crippen molar-refractivity contribution in [3.05, 3.63) is 17.8 Å². The second-order valence-electron chi connectivity index (χ2n) is 2.19. The van der Waals surface area contributed by atoms with E-state index in [0.717, 1.165) is 0 Å². The van der Waals surface area contributed by atoms with Crippen LogP contribution in [-0.4, -0.2) is 17.6 Å². The smallest absolute Gasteiger partial charge is 0.375 e. The Bertz CT molecular complexity index is 267. The molecule has 4 nitrogen and oxygen atoms in total. The zero-order chi connectivity index (χ0) is 8.97. The number of carbonyl (C=O) groups is 1. The molecule has 0 fully saturated rings. The minimum atomic E-state index is -0.454. The summed E-state index contributed by atoms with van der Waals surface area (Å²) in [4.78, 5) is 14.9. The summed E-state index contributed by atoms with van der Waals surface area (Å²) in [6, 6.07) is 0. The molecule has 0 aliphatic rings. The van der Waals surface area contributed by atoms with Gasteiger partial charge in [0, 0.05) is 6.42 Å². The minimum absolute atomic E-state index is 0.175. The summed E-state index contributed by atoms with van der Waals surface area (Å²) in [7, 11) is 0. The van der Waals surface area contributed by atoms with Crippen molar-refractivity contribution in [1.82, 2.24) is 4.98 Å². The fraction of sp³-hybridized carbons (Fsp3) is 0.500. The van der Waals surface area contributed by atoms with Crippen LogP contribution in [0.3, 0.4) is 0 Å². The van der Waals surface area contributed by atoms with E-state index in [1.807, 2.05) is 6.92 Å². The van der Waals surface area contributed by atoms with Gasteiger partial charge in [-0.25, -0.2) is 9.78 Å². The average Bonchev–Trinajstić information content (AvgIpc) is 2.52. The molecule has 0 N–H and O–H groups in total. The summed E-state index contributed by atoms with van der Waals surface area (Å²) in [5.74, 6) is 0.274. The lowest BCUT2D eigenvalue weighted by molar-refractivity contribution is 0.0488. The molecule has 12 heavy (non-hydrogen) atoms. The third-order valence-electron chi connectivity index (χ3n) is 1.33. The van der Waals surface area contributed by atoms with Crippen molar-refractivity contribution in [2.24, 2.45) is 0 Å². The lowest BCUT2D eigenvalue weighted by Crippen LogP contribution is -2.02. The van der Waals surface area contributed by atoms with Gasteiger partial charge in [-0.15, -0.1) is 0 Å². The normalized spacial score (nSPS) is 9.83. The van der Waals surface area contributed by atoms with Crippen molar-refractivity contribution in [3.63, 3.8) is 0 Å². The summed E-state index contributed by atoms with van der Waals surface area (Å²) >= 11 is 0. The molecule has 0 aliphatic carbocycles. The van der Waals surface area contributed by atoms with E-state index in [-0.39, 0.29) is 5.76 Å². The number of esters is 1. The van der Waals surface area contributed by atoms with E-state index in [1.54, 1.807) is 6.92 Å². The van der Waals surface area contributed by atoms with Crippen LogP contribution in [0, 0.1) is 0 Å². The Hall–Kier alpha value is -1.32. The Morgan fingerprint density at radius 3 is 2.92 bits per heavy atom. The van der Waals surface area contributed by atoms with E-state index in [0.29, 0.717) is 18.9 Å². The van der Waals surface area contributed by atoms with Gasteiger partial charge in [0.2, 0.25) is 5.76 Å². The number of aryl methyl sites for hydroxylation is 1. The Kier molecular flexibility index (Phi) is 2.85. The maximum absolute atomic E-state index is 11.0. The molecular formula is C8H11NO3. The average molecular weight is 169 g/mol. The number of hydrogen-bond donors (Lipinski definition) is 0. The Morgan fingerprint density at radius 1 is 1.67 bits per heavy atom. The maximum Gasteiger partial charge on any atom is 0.375 e. The van der Waals surface area contributed by atoms with E-state index >= 15 is 0 Å². The minimum Gasteiger partial charge on any atom is -0.460 e. The molecule has 0 radical (unpaired) electrons. The van der Waals surface area contributed by atoms with Gasteiger partial charge in [-0.2, -0.15) is 0 Å². The van der Waals surface area contributed by atoms with Crippen LogP contribution in [0.4, 0.5) is 0 Å². The van der Waals surface area contributed by atoms with Gasteiger partial charge >= 0.3 is 5.97 Å². The van der Waals surface area contributed by atoms with Crippen LogP contribution in [-0.2, 0) is 11.2 Å². The summed E-state index contributed by atoms with van der Waals surface area (Å²) in [5.41, 5.74) is 0. The second-order valence-corrected chi connectivity index (χ2v) is 2.19. The molecule has 0 bridgehead atoms. The van der Waals surface area contributed by atoms with Gasteiger partial charge in [-0.05, 0) is 6.92 Å². The fourth-order valence-corrected chi connectivity index (χ4v) is 0.770. The highest BCUT2D eigenvalue weighted by Crippen LogP contribution is 2.05. The van der Waals surface area contributed by atoms with Crippen LogP contribution >= 0.6 is 0 Å². The molecule has 0 spiro atoms. The standard InChI is InChI=1S/C8H11NO3/c1-3-7-9-5-6(12-7)8(10)11-4-2/h5H,3-4H2,1-2H3. The van der Waals surface area contributed by atoms with E-state index in [4.69, 9.17) is 9.15 Å². The highest BCUT2D eigenvalue weighted by Gasteiger charge is 2.11. The number of carbonyl (C=O) groups excluding carboxylic acids is 1. The largest absolute Gasteiger partial charge is 0.460 e. The Labute approximate surface area is 70.5 Å². The third kappa shape index (κ3) is 1.84. The van der Waals surface area contributed by atoms with Crippen molar-refractivity contribution in [2.75, 3.05) is 6.61 Å². The van der Waals surface area contributed by atoms with Crippen molar-refractivity contribution in [2.45, 2.75) is 20.3 Å². The van der Waals surface area contributed by atoms with Gasteiger partial charge in [-0.3, -0.25) is 0 Å². The number of nitrogens with zero attached hydrogens (tertiary/aromatic N) is 1. The molecule has 0 aromatic carbocycles. The molecule has 0 amide bonds. The van der Waals surface area contributed by atoms with Crippen molar-refractivity contribution in [1.29, 1.82) is 0 Å². The zero-order valence-corrected chi connectivity index (χ0v) is 7.16. The highest BCUT2D eigenvalue weighted by molar-refractivity contribution is 5.85. The molecule has 1 aromatic heterocycles. The molecular weight excluding hydrogens is 158 g/mol. The first-order chi connectivity index (χ1) is 5.77. The van der Waals surface area contributed by atoms with Crippen LogP contribution in [0.2, 0.25) is 0 Å². The second kappa shape index (κ2) is 3.90. The number of ether oxygens (including phenoxy) is 1. The summed E-state index contributed by atoms with van der Waals surface area (Å²) in [6.45, 7) is 4.00. The lowest BCUT2D eigenvalue weighted by atomic mass is 10.5. The first kappa shape index (κ1) is 8.77. The summed E-state index contributed by atoms with van der Waals surface area (Å²) in [6.07, 6.45) is 2.07. The number of oxazole rings is 1. The first-order valence-electron chi connectivity index (χ1n) is 3.89. The lowest BCUT2D eigenvalue weighted by Gasteiger charge is -1.95. The molecule has 0 saturated carbocycles. The third-order valence-corrected chi connectivity index (χ3v) is 1.33. The van der Waals surface area contributed by atoms with Gasteiger partial charge in [0.15, 0.2) is 5.89 Å². The predicted octanol–water partition coefficient (Wildman–Crippen LogP) is 1.41. The zero-order valence-electron chi connectivity index (χ0n) is 7.16. The molecule has 0 atom stereocenters. The number of rotatable bonds is 3. The van der Waals surface area contributed by atoms with E-state index in [2.05, 4.69) is 4.98 Å². The Morgan fingerprint density at radius 2 is 2.42 bits per heavy atom. The molecule has 4 heteroatoms. The van der Waals surface area contributed by atoms with E-state index < -0.39 is 5.97 Å². The van der Waals surface area contributed by atoms with Crippen molar-refractivity contribution >= 4 is 5.97 Å². The quantitative estimate of drug-likeness (QED) is 0.642. The molecule has 1 heterocycles. The maximum atomic E-state index is 11.0. The predicted molar refractivity (Wildman–Crippen MR) is 41.8 cm³/mol. The molecule has 1 aromatic rings. The van der Waals surface area contributed by atoms with Crippen LogP contribution in [0.15, 0.2) is 10.6 Å². The van der Waals surface area contributed by atoms with Gasteiger partial charge < -0.3 is 9.15 Å². The van der Waals surface area contributed by atoms with Gasteiger partial charge in [0.25, 0.3) is 0 Å². The fourth-order valence-electron chi connectivity index (χ4n) is 0.770. The van der Waals surface area contributed by atoms with Crippen molar-refractivity contribution in [3.8, 4) is 0 Å². The van der Waals surface area contributed by atoms with Crippen LogP contribution in [0.5, 0.6) is 0 Å². The van der Waals surface area contributed by atoms with Crippen molar-refractivity contribution < 1.29 is 13.9 Å². The van der Waals surface area contributed by atoms with Crippen LogP contribution in [0.25, 0.3) is 0 Å². The molecule has 0 aliphatic heterocycles. The van der Waals surface area contributed by atoms with E-state index in [9.17, 15) is 4.79 Å². The summed E-state index contributed by atoms with van der Waals surface area (Å²) < 4.78 is 9.77. The SMILES string of the molecule is CCOC(=O)c1cnc(CC)o1. The Balaban J connectivity index is 2.68. The highest BCUT2D eigenvalue weighted by atomic mass is 16.5. The topological polar surface area (TPSA) is 52.3 Å². The first-order valence-corrected chi connectivity index (χ1v) is 3.89. The van der Waals surface area contributed by atoms with Crippen LogP contribution in [0.1, 0.15) is 30.3 Å². The number of hydrogen-bond acceptors (Lipinski definition) is 4. The number of aromatic nitrogens is 1. The van der Waals surface area contributed by atoms with Gasteiger partial charge in [-0.1, -0.05) is 6.92 Å². The molecule has 1 rings (SSSR count). The van der Waals surface area contributed by atoms with Crippen LogP contribution < -0.4 is 0 Å². The molecule has 0 unspecified atom stereocenters. The van der Waals surface area contributed by atoms with Gasteiger partial charge in [0.05, 0.1) is 12.8 Å². The van der Waals surface area contributed by atoms with Gasteiger partial charge in [0.1, 0.15) is 0 Å². The monoisotopic (exact) mass is 169 g/mol. The molecule has 66 valence electrons. The van der Waals surface area contributed by atoms with E-state index in [1.165, 1.54) is 6.20 Å². The summed E-state index contributed by atoms with van der Waals surface area (Å²) in [5, 5.41) is 0.